The molecule has 8 aromatic carbocycles. The number of hydrogen-bond donors (Lipinski definition) is 0. The SMILES string of the molecule is [2H]c1c([2H])c([2H])c(-c2cccc(-c3c([2H])c([2H])c([2H])c([2H])c3[2H])c2-[n+]2[c-]n(-c3cc(Oc4ccc5c6ccccc6n(-c6cc(C(C)(C)C)ccn6)c5c4)cc(-c4ccccc4C#N)c3)c3ccccc32)c([2H])c1[2H]. The molecule has 0 unspecified atom stereocenters. The Labute approximate surface area is 392 Å². The number of imidazole rings is 1. The van der Waals surface area contributed by atoms with Gasteiger partial charge in [-0.25, -0.2) is 4.98 Å². The van der Waals surface area contributed by atoms with Crippen LogP contribution in [-0.4, -0.2) is 14.1 Å². The zero-order chi connectivity index (χ0) is 52.8. The first-order valence-electron chi connectivity index (χ1n) is 26.0. The van der Waals surface area contributed by atoms with Crippen molar-refractivity contribution in [1.29, 1.82) is 5.26 Å². The Kier molecular flexibility index (Phi) is 7.31. The minimum absolute atomic E-state index is 0.120. The van der Waals surface area contributed by atoms with Crippen LogP contribution < -0.4 is 9.30 Å². The number of nitrogens with zero attached hydrogens (tertiary/aromatic N) is 5. The van der Waals surface area contributed by atoms with E-state index >= 15 is 0 Å². The van der Waals surface area contributed by atoms with Gasteiger partial charge in [-0.1, -0.05) is 160 Å². The lowest BCUT2D eigenvalue weighted by Gasteiger charge is -2.20. The zero-order valence-electron chi connectivity index (χ0n) is 45.5. The van der Waals surface area contributed by atoms with E-state index in [9.17, 15) is 5.26 Å². The molecule has 310 valence electrons. The highest BCUT2D eigenvalue weighted by Gasteiger charge is 2.22. The van der Waals surface area contributed by atoms with Crippen LogP contribution in [0.15, 0.2) is 206 Å². The third kappa shape index (κ3) is 7.10. The molecule has 0 spiro atoms. The lowest BCUT2D eigenvalue weighted by atomic mass is 9.88. The summed E-state index contributed by atoms with van der Waals surface area (Å²) in [6.45, 7) is 6.50. The van der Waals surface area contributed by atoms with E-state index in [4.69, 9.17) is 23.4 Å². The molecule has 0 fully saturated rings. The van der Waals surface area contributed by atoms with E-state index in [2.05, 4.69) is 55.9 Å². The first-order chi connectivity index (χ1) is 36.0. The number of fused-ring (bicyclic) bond motifs is 4. The number of rotatable bonds is 8. The van der Waals surface area contributed by atoms with Gasteiger partial charge >= 0.3 is 0 Å². The Morgan fingerprint density at radius 3 is 2.02 bits per heavy atom. The van der Waals surface area contributed by atoms with Crippen LogP contribution in [0.2, 0.25) is 0 Å². The fourth-order valence-electron chi connectivity index (χ4n) is 8.54. The van der Waals surface area contributed by atoms with Crippen LogP contribution in [0.1, 0.15) is 45.6 Å². The third-order valence-corrected chi connectivity index (χ3v) is 11.6. The summed E-state index contributed by atoms with van der Waals surface area (Å²) >= 11 is 0. The van der Waals surface area contributed by atoms with Crippen molar-refractivity contribution in [3.8, 4) is 68.1 Å². The van der Waals surface area contributed by atoms with Crippen LogP contribution >= 0.6 is 0 Å². The lowest BCUT2D eigenvalue weighted by molar-refractivity contribution is -0.571. The number of benzene rings is 8. The van der Waals surface area contributed by atoms with Crippen LogP contribution in [0.3, 0.4) is 0 Å². The fourth-order valence-corrected chi connectivity index (χ4v) is 8.54. The Hall–Kier alpha value is -8.53. The van der Waals surface area contributed by atoms with Gasteiger partial charge in [0.15, 0.2) is 0 Å². The normalized spacial score (nSPS) is 13.8. The molecule has 6 heteroatoms. The standard InChI is InChI=1S/C59H43N5O/c1-59(2,3)44-31-32-61-57(35-44)64-53-26-13-12-23-51(53)52-30-29-46(37-56(52)64)65-47-34-43(48-22-11-10-21-42(48)38-60)33-45(36-47)62-39-63(55-28-15-14-27-54(55)62)58-49(40-17-6-4-7-18-40)24-16-25-50(58)41-19-8-5-9-20-41/h4-37H,1-3H3/i4D,5D,6D,7D,8D,9D,17D,18D,19D,20D. The summed E-state index contributed by atoms with van der Waals surface area (Å²) in [5.74, 6) is 1.68. The van der Waals surface area contributed by atoms with E-state index in [-0.39, 0.29) is 33.4 Å². The summed E-state index contributed by atoms with van der Waals surface area (Å²) in [7, 11) is 0. The molecule has 0 aliphatic heterocycles. The molecule has 11 aromatic rings. The molecule has 0 bridgehead atoms. The van der Waals surface area contributed by atoms with E-state index in [1.807, 2.05) is 85.1 Å². The molecule has 0 radical (unpaired) electrons. The number of nitriles is 1. The molecular weight excluding hydrogens is 795 g/mol. The monoisotopic (exact) mass is 847 g/mol. The summed E-state index contributed by atoms with van der Waals surface area (Å²) < 4.78 is 100. The molecular formula is C59H43N5O. The first kappa shape index (κ1) is 29.7. The number of hydrogen-bond acceptors (Lipinski definition) is 3. The van der Waals surface area contributed by atoms with E-state index in [1.54, 1.807) is 51.6 Å². The van der Waals surface area contributed by atoms with Crippen molar-refractivity contribution in [2.75, 3.05) is 0 Å². The predicted molar refractivity (Wildman–Crippen MR) is 262 cm³/mol. The maximum Gasteiger partial charge on any atom is 0.269 e. The van der Waals surface area contributed by atoms with Crippen LogP contribution in [-0.2, 0) is 5.41 Å². The largest absolute Gasteiger partial charge is 0.458 e. The summed E-state index contributed by atoms with van der Waals surface area (Å²) in [5, 5.41) is 12.4. The van der Waals surface area contributed by atoms with Gasteiger partial charge in [0.2, 0.25) is 0 Å². The summed E-state index contributed by atoms with van der Waals surface area (Å²) in [5.41, 5.74) is 6.19. The van der Waals surface area contributed by atoms with Crippen LogP contribution in [0, 0.1) is 17.7 Å². The Balaban J connectivity index is 1.16. The Morgan fingerprint density at radius 1 is 0.615 bits per heavy atom. The van der Waals surface area contributed by atoms with E-state index in [0.29, 0.717) is 44.9 Å². The first-order valence-corrected chi connectivity index (χ1v) is 21.0. The number of aromatic nitrogens is 4. The molecule has 0 amide bonds. The second-order valence-corrected chi connectivity index (χ2v) is 16.6. The molecule has 3 aromatic heterocycles. The molecule has 65 heavy (non-hydrogen) atoms. The zero-order valence-corrected chi connectivity index (χ0v) is 35.5. The van der Waals surface area contributed by atoms with Gasteiger partial charge in [-0.05, 0) is 99.0 Å². The lowest BCUT2D eigenvalue weighted by Crippen LogP contribution is -2.31. The summed E-state index contributed by atoms with van der Waals surface area (Å²) in [6, 6.07) is 39.9. The molecule has 0 saturated carbocycles. The topological polar surface area (TPSA) is 59.6 Å². The van der Waals surface area contributed by atoms with Gasteiger partial charge in [-0.15, -0.1) is 0 Å². The maximum absolute atomic E-state index is 10.4. The van der Waals surface area contributed by atoms with E-state index in [0.717, 1.165) is 33.2 Å². The van der Waals surface area contributed by atoms with E-state index in [1.165, 1.54) is 0 Å². The van der Waals surface area contributed by atoms with Crippen molar-refractivity contribution in [1.82, 2.24) is 14.1 Å². The molecule has 6 nitrogen and oxygen atoms in total. The highest BCUT2D eigenvalue weighted by Crippen LogP contribution is 2.39. The van der Waals surface area contributed by atoms with Gasteiger partial charge in [-0.2, -0.15) is 5.26 Å². The van der Waals surface area contributed by atoms with Gasteiger partial charge in [0, 0.05) is 23.0 Å². The minimum atomic E-state index is -0.589. The van der Waals surface area contributed by atoms with Gasteiger partial charge in [0.25, 0.3) is 6.33 Å². The fraction of sp³-hybridized carbons (Fsp3) is 0.0678. The molecule has 0 atom stereocenters. The number of pyridine rings is 1. The average molecular weight is 848 g/mol. The Morgan fingerprint density at radius 2 is 1.28 bits per heavy atom. The molecule has 3 heterocycles. The second-order valence-electron chi connectivity index (χ2n) is 16.6. The van der Waals surface area contributed by atoms with Crippen molar-refractivity contribution in [3.63, 3.8) is 0 Å². The third-order valence-electron chi connectivity index (χ3n) is 11.6. The molecule has 0 saturated heterocycles. The second kappa shape index (κ2) is 16.0. The minimum Gasteiger partial charge on any atom is -0.458 e. The predicted octanol–water partition coefficient (Wildman–Crippen LogP) is 14.2. The van der Waals surface area contributed by atoms with Crippen molar-refractivity contribution >= 4 is 32.8 Å². The Bertz CT molecular complexity index is 4100. The summed E-state index contributed by atoms with van der Waals surface area (Å²) in [6.07, 6.45) is 5.31. The van der Waals surface area contributed by atoms with E-state index < -0.39 is 60.4 Å². The van der Waals surface area contributed by atoms with Crippen LogP contribution in [0.25, 0.3) is 83.4 Å². The number of ether oxygens (including phenoxy) is 1. The number of para-hydroxylation sites is 4. The highest BCUT2D eigenvalue weighted by atomic mass is 16.5. The molecule has 0 aliphatic carbocycles. The van der Waals surface area contributed by atoms with Crippen LogP contribution in [0.4, 0.5) is 0 Å². The maximum atomic E-state index is 10.4. The highest BCUT2D eigenvalue weighted by molar-refractivity contribution is 6.09. The molecule has 0 aliphatic rings. The summed E-state index contributed by atoms with van der Waals surface area (Å²) in [4.78, 5) is 4.85. The average Bonchev–Trinajstić information content (AvgIpc) is 3.98. The smallest absolute Gasteiger partial charge is 0.269 e. The quantitative estimate of drug-likeness (QED) is 0.113. The van der Waals surface area contributed by atoms with Gasteiger partial charge in [-0.3, -0.25) is 13.7 Å². The van der Waals surface area contributed by atoms with Gasteiger partial charge in [0.1, 0.15) is 17.3 Å². The van der Waals surface area contributed by atoms with Crippen molar-refractivity contribution < 1.29 is 23.0 Å². The van der Waals surface area contributed by atoms with Crippen molar-refractivity contribution in [2.24, 2.45) is 0 Å². The van der Waals surface area contributed by atoms with Gasteiger partial charge < -0.3 is 4.74 Å². The van der Waals surface area contributed by atoms with Gasteiger partial charge in [0.05, 0.1) is 58.8 Å². The van der Waals surface area contributed by atoms with Crippen LogP contribution in [0.5, 0.6) is 11.5 Å². The molecule has 0 N–H and O–H groups in total. The van der Waals surface area contributed by atoms with Crippen molar-refractivity contribution in [2.45, 2.75) is 26.2 Å². The molecule has 11 rings (SSSR count). The van der Waals surface area contributed by atoms with Crippen molar-refractivity contribution in [3.05, 3.63) is 224 Å².